The maximum atomic E-state index is 12.2. The number of nitrogens with one attached hydrogen (secondary N) is 2. The molecule has 0 aliphatic rings. The molecule has 2 aromatic carbocycles. The highest BCUT2D eigenvalue weighted by molar-refractivity contribution is 7.15. The number of carbonyl (C=O) groups excluding carboxylic acids is 1. The number of amides is 2. The van der Waals surface area contributed by atoms with E-state index in [0.717, 1.165) is 17.0 Å². The summed E-state index contributed by atoms with van der Waals surface area (Å²) in [4.78, 5) is 12.2. The van der Waals surface area contributed by atoms with Crippen molar-refractivity contribution in [2.75, 3.05) is 10.6 Å². The quantitative estimate of drug-likeness (QED) is 0.568. The summed E-state index contributed by atoms with van der Waals surface area (Å²) >= 11 is 1.29. The van der Waals surface area contributed by atoms with E-state index in [1.807, 2.05) is 50.2 Å². The predicted octanol–water partition coefficient (Wildman–Crippen LogP) is 5.68. The monoisotopic (exact) mass is 410 g/mol. The van der Waals surface area contributed by atoms with Gasteiger partial charge < -0.3 is 10.1 Å². The van der Waals surface area contributed by atoms with Crippen molar-refractivity contribution in [1.82, 2.24) is 10.2 Å². The normalized spacial score (nSPS) is 11.2. The number of hydrogen-bond donors (Lipinski definition) is 2. The topological polar surface area (TPSA) is 76.1 Å². The van der Waals surface area contributed by atoms with E-state index in [1.54, 1.807) is 0 Å². The van der Waals surface area contributed by atoms with Gasteiger partial charge in [0.05, 0.1) is 0 Å². The van der Waals surface area contributed by atoms with Crippen LogP contribution in [0.3, 0.4) is 0 Å². The molecule has 0 spiro atoms. The van der Waals surface area contributed by atoms with E-state index in [2.05, 4.69) is 47.7 Å². The molecule has 29 heavy (non-hydrogen) atoms. The third-order valence-corrected chi connectivity index (χ3v) is 5.19. The summed E-state index contributed by atoms with van der Waals surface area (Å²) in [6.07, 6.45) is 0. The molecule has 0 radical (unpaired) electrons. The van der Waals surface area contributed by atoms with Crippen molar-refractivity contribution in [3.63, 3.8) is 0 Å². The largest absolute Gasteiger partial charge is 0.486 e. The van der Waals surface area contributed by atoms with Crippen molar-refractivity contribution in [2.45, 2.75) is 46.6 Å². The van der Waals surface area contributed by atoms with E-state index < -0.39 is 0 Å². The summed E-state index contributed by atoms with van der Waals surface area (Å²) in [7, 11) is 0. The van der Waals surface area contributed by atoms with Gasteiger partial charge in [-0.25, -0.2) is 4.79 Å². The lowest BCUT2D eigenvalue weighted by Crippen LogP contribution is -2.19. The Morgan fingerprint density at radius 1 is 1.03 bits per heavy atom. The average Bonchev–Trinajstić information content (AvgIpc) is 3.08. The predicted molar refractivity (Wildman–Crippen MR) is 118 cm³/mol. The highest BCUT2D eigenvalue weighted by atomic mass is 32.1. The Hall–Kier alpha value is -2.93. The van der Waals surface area contributed by atoms with Gasteiger partial charge in [0.2, 0.25) is 5.13 Å². The van der Waals surface area contributed by atoms with E-state index in [-0.39, 0.29) is 11.4 Å². The highest BCUT2D eigenvalue weighted by Gasteiger charge is 2.14. The van der Waals surface area contributed by atoms with Crippen LogP contribution in [0.15, 0.2) is 42.5 Å². The van der Waals surface area contributed by atoms with Crippen LogP contribution >= 0.6 is 11.3 Å². The Kier molecular flexibility index (Phi) is 6.17. The van der Waals surface area contributed by atoms with Crippen LogP contribution in [-0.2, 0) is 12.0 Å². The lowest BCUT2D eigenvalue weighted by Gasteiger charge is -2.19. The van der Waals surface area contributed by atoms with E-state index in [9.17, 15) is 4.79 Å². The first kappa shape index (κ1) is 20.8. The zero-order valence-electron chi connectivity index (χ0n) is 17.4. The molecule has 0 fully saturated rings. The van der Waals surface area contributed by atoms with Crippen LogP contribution in [0.2, 0.25) is 0 Å². The maximum absolute atomic E-state index is 12.2. The van der Waals surface area contributed by atoms with Gasteiger partial charge in [0.15, 0.2) is 5.01 Å². The van der Waals surface area contributed by atoms with Gasteiger partial charge >= 0.3 is 6.03 Å². The van der Waals surface area contributed by atoms with Gasteiger partial charge in [0.1, 0.15) is 12.4 Å². The molecule has 2 amide bonds. The summed E-state index contributed by atoms with van der Waals surface area (Å²) in [6, 6.07) is 13.5. The standard InChI is InChI=1S/C22H26N4O2S/c1-14-6-11-18(15(2)12-14)28-13-19-25-26-21(29-19)24-20(27)23-17-9-7-16(8-10-17)22(3,4)5/h6-12H,13H2,1-5H3,(H2,23,24,26,27). The molecule has 0 aliphatic heterocycles. The zero-order valence-corrected chi connectivity index (χ0v) is 18.2. The Labute approximate surface area is 175 Å². The van der Waals surface area contributed by atoms with Crippen molar-refractivity contribution >= 4 is 28.2 Å². The van der Waals surface area contributed by atoms with Gasteiger partial charge in [-0.1, -0.05) is 61.9 Å². The fraction of sp³-hybridized carbons (Fsp3) is 0.318. The van der Waals surface area contributed by atoms with Crippen LogP contribution in [0, 0.1) is 13.8 Å². The molecule has 0 saturated carbocycles. The fourth-order valence-electron chi connectivity index (χ4n) is 2.78. The second-order valence-electron chi connectivity index (χ2n) is 7.97. The number of hydrogen-bond acceptors (Lipinski definition) is 5. The molecule has 152 valence electrons. The molecule has 7 heteroatoms. The van der Waals surface area contributed by atoms with Gasteiger partial charge in [0, 0.05) is 5.69 Å². The van der Waals surface area contributed by atoms with Crippen molar-refractivity contribution in [3.8, 4) is 5.75 Å². The molecule has 6 nitrogen and oxygen atoms in total. The Morgan fingerprint density at radius 3 is 2.41 bits per heavy atom. The van der Waals surface area contributed by atoms with Gasteiger partial charge in [0.25, 0.3) is 0 Å². The maximum Gasteiger partial charge on any atom is 0.325 e. The molecule has 0 bridgehead atoms. The van der Waals surface area contributed by atoms with Crippen molar-refractivity contribution in [1.29, 1.82) is 0 Å². The molecule has 0 unspecified atom stereocenters. The van der Waals surface area contributed by atoms with Crippen LogP contribution in [0.25, 0.3) is 0 Å². The number of nitrogens with zero attached hydrogens (tertiary/aromatic N) is 2. The van der Waals surface area contributed by atoms with Crippen LogP contribution in [0.1, 0.15) is 42.5 Å². The summed E-state index contributed by atoms with van der Waals surface area (Å²) in [6.45, 7) is 10.8. The third-order valence-electron chi connectivity index (χ3n) is 4.38. The van der Waals surface area contributed by atoms with Gasteiger partial charge in [-0.3, -0.25) is 5.32 Å². The molecular formula is C22H26N4O2S. The van der Waals surface area contributed by atoms with Crippen LogP contribution in [0.4, 0.5) is 15.6 Å². The summed E-state index contributed by atoms with van der Waals surface area (Å²) < 4.78 is 5.81. The van der Waals surface area contributed by atoms with E-state index in [4.69, 9.17) is 4.74 Å². The van der Waals surface area contributed by atoms with Crippen LogP contribution < -0.4 is 15.4 Å². The first-order chi connectivity index (χ1) is 13.7. The molecule has 0 atom stereocenters. The van der Waals surface area contributed by atoms with Crippen LogP contribution in [-0.4, -0.2) is 16.2 Å². The minimum Gasteiger partial charge on any atom is -0.486 e. The number of aryl methyl sites for hydroxylation is 2. The lowest BCUT2D eigenvalue weighted by molar-refractivity contribution is 0.262. The molecule has 2 N–H and O–H groups in total. The number of rotatable bonds is 5. The summed E-state index contributed by atoms with van der Waals surface area (Å²) in [5.41, 5.74) is 4.27. The lowest BCUT2D eigenvalue weighted by atomic mass is 9.87. The molecular weight excluding hydrogens is 384 g/mol. The van der Waals surface area contributed by atoms with Crippen molar-refractivity contribution in [3.05, 3.63) is 64.2 Å². The minimum atomic E-state index is -0.355. The SMILES string of the molecule is Cc1ccc(OCc2nnc(NC(=O)Nc3ccc(C(C)(C)C)cc3)s2)c(C)c1. The Bertz CT molecular complexity index is 991. The summed E-state index contributed by atoms with van der Waals surface area (Å²) in [5.74, 6) is 0.816. The van der Waals surface area contributed by atoms with Gasteiger partial charge in [-0.05, 0) is 48.6 Å². The first-order valence-corrected chi connectivity index (χ1v) is 10.2. The van der Waals surface area contributed by atoms with Gasteiger partial charge in [-0.15, -0.1) is 10.2 Å². The Balaban J connectivity index is 1.53. The minimum absolute atomic E-state index is 0.0724. The number of urea groups is 1. The van der Waals surface area contributed by atoms with E-state index >= 15 is 0 Å². The zero-order chi connectivity index (χ0) is 21.0. The number of benzene rings is 2. The second-order valence-corrected chi connectivity index (χ2v) is 9.03. The van der Waals surface area contributed by atoms with Crippen molar-refractivity contribution < 1.29 is 9.53 Å². The number of aromatic nitrogens is 2. The summed E-state index contributed by atoms with van der Waals surface area (Å²) in [5, 5.41) is 14.7. The number of ether oxygens (including phenoxy) is 1. The van der Waals surface area contributed by atoms with E-state index in [0.29, 0.717) is 16.7 Å². The second kappa shape index (κ2) is 8.61. The number of anilines is 2. The van der Waals surface area contributed by atoms with E-state index in [1.165, 1.54) is 22.5 Å². The molecule has 0 aliphatic carbocycles. The molecule has 1 aromatic heterocycles. The van der Waals surface area contributed by atoms with Crippen LogP contribution in [0.5, 0.6) is 5.75 Å². The fourth-order valence-corrected chi connectivity index (χ4v) is 3.42. The van der Waals surface area contributed by atoms with Gasteiger partial charge in [-0.2, -0.15) is 0 Å². The Morgan fingerprint density at radius 2 is 1.76 bits per heavy atom. The number of carbonyl (C=O) groups is 1. The van der Waals surface area contributed by atoms with Crippen molar-refractivity contribution in [2.24, 2.45) is 0 Å². The molecule has 3 aromatic rings. The smallest absolute Gasteiger partial charge is 0.325 e. The average molecular weight is 411 g/mol. The molecule has 1 heterocycles. The highest BCUT2D eigenvalue weighted by Crippen LogP contribution is 2.24. The molecule has 3 rings (SSSR count). The first-order valence-electron chi connectivity index (χ1n) is 9.42. The molecule has 0 saturated heterocycles. The third kappa shape index (κ3) is 5.77.